The quantitative estimate of drug-likeness (QED) is 0.437. The number of ether oxygens (including phenoxy) is 2. The van der Waals surface area contributed by atoms with Crippen molar-refractivity contribution in [3.63, 3.8) is 0 Å². The predicted molar refractivity (Wildman–Crippen MR) is 95.8 cm³/mol. The summed E-state index contributed by atoms with van der Waals surface area (Å²) in [4.78, 5) is 0. The molecule has 0 aliphatic rings. The van der Waals surface area contributed by atoms with Gasteiger partial charge in [0.05, 0.1) is 12.7 Å². The molecule has 0 amide bonds. The summed E-state index contributed by atoms with van der Waals surface area (Å²) in [7, 11) is 1.26. The maximum absolute atomic E-state index is 14.1. The number of tetrazole rings is 1. The van der Waals surface area contributed by atoms with Gasteiger partial charge in [-0.2, -0.15) is 23.6 Å². The molecule has 0 fully saturated rings. The normalized spacial score (nSPS) is 11.7. The summed E-state index contributed by atoms with van der Waals surface area (Å²) in [5, 5.41) is 24.7. The van der Waals surface area contributed by atoms with Crippen LogP contribution in [-0.2, 0) is 6.18 Å². The lowest BCUT2D eigenvalue weighted by molar-refractivity contribution is -0.138. The average molecular weight is 438 g/mol. The number of nitriles is 1. The van der Waals surface area contributed by atoms with E-state index < -0.39 is 29.1 Å². The summed E-state index contributed by atoms with van der Waals surface area (Å²) in [6.07, 6.45) is -3.68. The fourth-order valence-electron chi connectivity index (χ4n) is 2.36. The molecule has 3 rings (SSSR count). The van der Waals surface area contributed by atoms with Crippen LogP contribution < -0.4 is 14.8 Å². The number of methoxy groups -OCH3 is 1. The summed E-state index contributed by atoms with van der Waals surface area (Å²) in [6.45, 7) is 0. The van der Waals surface area contributed by atoms with Crippen molar-refractivity contribution in [2.45, 2.75) is 6.18 Å². The van der Waals surface area contributed by atoms with Gasteiger partial charge in [-0.05, 0) is 29.5 Å². The zero-order chi connectivity index (χ0) is 22.6. The predicted octanol–water partition coefficient (Wildman–Crippen LogP) is 4.27. The van der Waals surface area contributed by atoms with Crippen molar-refractivity contribution in [3.05, 3.63) is 59.6 Å². The van der Waals surface area contributed by atoms with Crippen molar-refractivity contribution >= 4 is 11.3 Å². The van der Waals surface area contributed by atoms with Gasteiger partial charge in [-0.3, -0.25) is 0 Å². The highest BCUT2D eigenvalue weighted by Crippen LogP contribution is 2.39. The summed E-state index contributed by atoms with van der Waals surface area (Å²) >= 11 is 0. The number of allylic oxidation sites excluding steroid dienone is 1. The molecule has 0 spiro atoms. The van der Waals surface area contributed by atoms with Gasteiger partial charge in [0.2, 0.25) is 5.82 Å². The van der Waals surface area contributed by atoms with E-state index in [9.17, 15) is 22.0 Å². The van der Waals surface area contributed by atoms with Crippen LogP contribution in [-0.4, -0.2) is 27.7 Å². The Balaban J connectivity index is 1.91. The second-order valence-electron chi connectivity index (χ2n) is 5.78. The maximum Gasteiger partial charge on any atom is 0.416 e. The lowest BCUT2D eigenvalue weighted by Gasteiger charge is -2.14. The lowest BCUT2D eigenvalue weighted by Crippen LogP contribution is -2.07. The van der Waals surface area contributed by atoms with Gasteiger partial charge in [-0.15, -0.1) is 10.2 Å². The zero-order valence-corrected chi connectivity index (χ0v) is 15.5. The van der Waals surface area contributed by atoms with Crippen molar-refractivity contribution in [2.75, 3.05) is 12.4 Å². The van der Waals surface area contributed by atoms with Gasteiger partial charge in [0.15, 0.2) is 28.9 Å². The van der Waals surface area contributed by atoms with Crippen LogP contribution in [0.1, 0.15) is 11.4 Å². The minimum Gasteiger partial charge on any atom is -0.493 e. The van der Waals surface area contributed by atoms with Crippen LogP contribution in [0.2, 0.25) is 0 Å². The number of hydrogen-bond acceptors (Lipinski definition) is 7. The smallest absolute Gasteiger partial charge is 0.416 e. The van der Waals surface area contributed by atoms with Gasteiger partial charge in [0, 0.05) is 18.0 Å². The highest BCUT2D eigenvalue weighted by atomic mass is 19.4. The zero-order valence-electron chi connectivity index (χ0n) is 15.5. The van der Waals surface area contributed by atoms with E-state index in [1.807, 2.05) is 6.07 Å². The average Bonchev–Trinajstić information content (AvgIpc) is 3.25. The highest BCUT2D eigenvalue weighted by molar-refractivity contribution is 5.74. The van der Waals surface area contributed by atoms with E-state index in [-0.39, 0.29) is 35.0 Å². The molecule has 0 radical (unpaired) electrons. The third-order valence-electron chi connectivity index (χ3n) is 3.79. The molecule has 0 bridgehead atoms. The van der Waals surface area contributed by atoms with Crippen LogP contribution in [0.15, 0.2) is 36.5 Å². The van der Waals surface area contributed by atoms with Gasteiger partial charge in [0.25, 0.3) is 0 Å². The lowest BCUT2D eigenvalue weighted by atomic mass is 10.2. The van der Waals surface area contributed by atoms with Gasteiger partial charge in [-0.25, -0.2) is 8.78 Å². The fourth-order valence-corrected chi connectivity index (χ4v) is 2.36. The minimum absolute atomic E-state index is 0.0202. The number of anilines is 1. The van der Waals surface area contributed by atoms with E-state index in [4.69, 9.17) is 14.7 Å². The van der Waals surface area contributed by atoms with E-state index in [1.165, 1.54) is 31.5 Å². The summed E-state index contributed by atoms with van der Waals surface area (Å²) in [5.74, 6) is -4.26. The Labute approximate surface area is 170 Å². The van der Waals surface area contributed by atoms with E-state index in [2.05, 4.69) is 25.9 Å². The molecule has 0 saturated heterocycles. The Kier molecular flexibility index (Phi) is 6.00. The van der Waals surface area contributed by atoms with Crippen LogP contribution in [0.25, 0.3) is 5.57 Å². The Morgan fingerprint density at radius 1 is 1.16 bits per heavy atom. The molecule has 0 aliphatic heterocycles. The molecule has 160 valence electrons. The van der Waals surface area contributed by atoms with Crippen LogP contribution in [0.4, 0.5) is 27.6 Å². The van der Waals surface area contributed by atoms with Gasteiger partial charge in [-0.1, -0.05) is 0 Å². The van der Waals surface area contributed by atoms with Crippen LogP contribution >= 0.6 is 0 Å². The van der Waals surface area contributed by atoms with Crippen molar-refractivity contribution in [2.24, 2.45) is 0 Å². The molecule has 1 aromatic heterocycles. The maximum atomic E-state index is 14.1. The van der Waals surface area contributed by atoms with Crippen LogP contribution in [0.5, 0.6) is 17.2 Å². The highest BCUT2D eigenvalue weighted by Gasteiger charge is 2.33. The second-order valence-corrected chi connectivity index (χ2v) is 5.78. The number of aromatic amines is 1. The largest absolute Gasteiger partial charge is 0.493 e. The van der Waals surface area contributed by atoms with E-state index >= 15 is 0 Å². The standard InChI is InChI=1S/C18H11F5N6O2/c1-30-14-3-2-11(25-8-9(7-24)17-26-28-29-27-17)6-15(14)31-16-12(19)4-10(5-13(16)20)18(21,22)23/h2-6,8,25H,1H3,(H,26,27,28,29). The molecule has 0 atom stereocenters. The number of alkyl halides is 3. The van der Waals surface area contributed by atoms with E-state index in [0.717, 1.165) is 0 Å². The number of nitrogens with one attached hydrogen (secondary N) is 2. The van der Waals surface area contributed by atoms with Crippen LogP contribution in [0, 0.1) is 23.0 Å². The molecule has 3 aromatic rings. The molecular formula is C18H11F5N6O2. The first-order valence-corrected chi connectivity index (χ1v) is 8.25. The van der Waals surface area contributed by atoms with Crippen molar-refractivity contribution in [3.8, 4) is 23.3 Å². The molecule has 2 aromatic carbocycles. The third-order valence-corrected chi connectivity index (χ3v) is 3.79. The molecule has 0 unspecified atom stereocenters. The Morgan fingerprint density at radius 2 is 1.87 bits per heavy atom. The van der Waals surface area contributed by atoms with Gasteiger partial charge >= 0.3 is 6.18 Å². The topological polar surface area (TPSA) is 109 Å². The number of rotatable bonds is 6. The summed E-state index contributed by atoms with van der Waals surface area (Å²) in [5.41, 5.74) is -1.18. The minimum atomic E-state index is -4.93. The molecule has 0 aliphatic carbocycles. The Morgan fingerprint density at radius 3 is 2.42 bits per heavy atom. The van der Waals surface area contributed by atoms with Crippen molar-refractivity contribution < 1.29 is 31.4 Å². The number of H-pyrrole nitrogens is 1. The first-order valence-electron chi connectivity index (χ1n) is 8.25. The van der Waals surface area contributed by atoms with Gasteiger partial charge in [0.1, 0.15) is 11.6 Å². The first kappa shape index (κ1) is 21.5. The molecule has 13 heteroatoms. The Hall–Kier alpha value is -4.21. The molecule has 2 N–H and O–H groups in total. The number of hydrogen-bond donors (Lipinski definition) is 2. The Bertz CT molecular complexity index is 1130. The van der Waals surface area contributed by atoms with Crippen molar-refractivity contribution in [1.82, 2.24) is 20.6 Å². The summed E-state index contributed by atoms with van der Waals surface area (Å²) < 4.78 is 76.6. The van der Waals surface area contributed by atoms with Gasteiger partial charge < -0.3 is 14.8 Å². The third kappa shape index (κ3) is 4.86. The van der Waals surface area contributed by atoms with E-state index in [1.54, 1.807) is 0 Å². The molecule has 8 nitrogen and oxygen atoms in total. The molecule has 31 heavy (non-hydrogen) atoms. The monoisotopic (exact) mass is 438 g/mol. The fraction of sp³-hybridized carbons (Fsp3) is 0.111. The number of nitrogens with zero attached hydrogens (tertiary/aromatic N) is 4. The first-order chi connectivity index (χ1) is 14.7. The second kappa shape index (κ2) is 8.66. The molecule has 0 saturated carbocycles. The van der Waals surface area contributed by atoms with Crippen LogP contribution in [0.3, 0.4) is 0 Å². The number of benzene rings is 2. The number of halogens is 5. The summed E-state index contributed by atoms with van der Waals surface area (Å²) in [6, 6.07) is 6.24. The van der Waals surface area contributed by atoms with Crippen molar-refractivity contribution in [1.29, 1.82) is 5.26 Å². The number of aromatic nitrogens is 4. The SMILES string of the molecule is COc1ccc(NC=C(C#N)c2nn[nH]n2)cc1Oc1c(F)cc(C(F)(F)F)cc1F. The molecular weight excluding hydrogens is 427 g/mol. The molecule has 1 heterocycles. The van der Waals surface area contributed by atoms with E-state index in [0.29, 0.717) is 5.69 Å².